The zero-order valence-corrected chi connectivity index (χ0v) is 10.3. The Balaban J connectivity index is 2.02. The first-order valence-electron chi connectivity index (χ1n) is 6.00. The summed E-state index contributed by atoms with van der Waals surface area (Å²) in [5.41, 5.74) is -0.167. The summed E-state index contributed by atoms with van der Waals surface area (Å²) in [6, 6.07) is 4.12. The molecule has 0 aliphatic heterocycles. The summed E-state index contributed by atoms with van der Waals surface area (Å²) in [4.78, 5) is 0. The van der Waals surface area contributed by atoms with E-state index in [0.717, 1.165) is 11.5 Å². The molecule has 2 atom stereocenters. The molecular formula is C13H21NO2. The molecule has 1 aliphatic carbocycles. The topological polar surface area (TPSA) is 45.4 Å². The molecule has 1 aromatic rings. The van der Waals surface area contributed by atoms with Crippen LogP contribution in [0, 0.1) is 12.8 Å². The molecule has 1 fully saturated rings. The van der Waals surface area contributed by atoms with Crippen LogP contribution in [0.25, 0.3) is 0 Å². The maximum atomic E-state index is 9.50. The fourth-order valence-electron chi connectivity index (χ4n) is 2.26. The number of aliphatic hydroxyl groups excluding tert-OH is 1. The van der Waals surface area contributed by atoms with Crippen LogP contribution >= 0.6 is 0 Å². The van der Waals surface area contributed by atoms with E-state index in [1.807, 2.05) is 19.1 Å². The highest BCUT2D eigenvalue weighted by molar-refractivity contribution is 5.11. The van der Waals surface area contributed by atoms with Crippen molar-refractivity contribution in [1.82, 2.24) is 5.32 Å². The summed E-state index contributed by atoms with van der Waals surface area (Å²) < 4.78 is 5.59. The van der Waals surface area contributed by atoms with Crippen LogP contribution in [0.1, 0.15) is 44.3 Å². The van der Waals surface area contributed by atoms with Crippen LogP contribution in [0.3, 0.4) is 0 Å². The van der Waals surface area contributed by atoms with Crippen LogP contribution in [0.15, 0.2) is 16.5 Å². The predicted octanol–water partition coefficient (Wildman–Crippen LogP) is 2.40. The fourth-order valence-corrected chi connectivity index (χ4v) is 2.26. The van der Waals surface area contributed by atoms with Crippen LogP contribution in [0.5, 0.6) is 0 Å². The molecule has 3 nitrogen and oxygen atoms in total. The van der Waals surface area contributed by atoms with E-state index in [1.54, 1.807) is 0 Å². The normalized spacial score (nSPS) is 21.8. The van der Waals surface area contributed by atoms with Crippen molar-refractivity contribution in [3.63, 3.8) is 0 Å². The number of furan rings is 1. The number of hydrogen-bond donors (Lipinski definition) is 2. The van der Waals surface area contributed by atoms with Gasteiger partial charge in [0.1, 0.15) is 11.5 Å². The molecule has 3 heteroatoms. The van der Waals surface area contributed by atoms with E-state index in [2.05, 4.69) is 19.2 Å². The predicted molar refractivity (Wildman–Crippen MR) is 63.2 cm³/mol. The van der Waals surface area contributed by atoms with Crippen molar-refractivity contribution in [3.8, 4) is 0 Å². The van der Waals surface area contributed by atoms with E-state index in [0.29, 0.717) is 5.92 Å². The summed E-state index contributed by atoms with van der Waals surface area (Å²) in [6.45, 7) is 6.30. The van der Waals surface area contributed by atoms with Gasteiger partial charge >= 0.3 is 0 Å². The molecule has 16 heavy (non-hydrogen) atoms. The molecule has 0 aromatic carbocycles. The highest BCUT2D eigenvalue weighted by Gasteiger charge is 2.41. The number of aliphatic hydroxyl groups is 1. The minimum Gasteiger partial charge on any atom is -0.465 e. The van der Waals surface area contributed by atoms with Crippen molar-refractivity contribution < 1.29 is 9.52 Å². The van der Waals surface area contributed by atoms with E-state index in [-0.39, 0.29) is 18.2 Å². The highest BCUT2D eigenvalue weighted by atomic mass is 16.3. The van der Waals surface area contributed by atoms with Gasteiger partial charge in [0.05, 0.1) is 12.6 Å². The van der Waals surface area contributed by atoms with E-state index < -0.39 is 0 Å². The summed E-state index contributed by atoms with van der Waals surface area (Å²) in [7, 11) is 0. The zero-order chi connectivity index (χ0) is 11.8. The molecule has 90 valence electrons. The molecule has 0 spiro atoms. The van der Waals surface area contributed by atoms with E-state index >= 15 is 0 Å². The van der Waals surface area contributed by atoms with Gasteiger partial charge in [0.2, 0.25) is 0 Å². The maximum Gasteiger partial charge on any atom is 0.120 e. The van der Waals surface area contributed by atoms with Gasteiger partial charge < -0.3 is 9.52 Å². The van der Waals surface area contributed by atoms with Gasteiger partial charge in [-0.2, -0.15) is 0 Å². The zero-order valence-electron chi connectivity index (χ0n) is 10.3. The first kappa shape index (κ1) is 11.7. The van der Waals surface area contributed by atoms with Gasteiger partial charge in [-0.25, -0.2) is 0 Å². The molecule has 1 heterocycles. The Labute approximate surface area is 96.8 Å². The summed E-state index contributed by atoms with van der Waals surface area (Å²) in [5.74, 6) is 2.48. The van der Waals surface area contributed by atoms with E-state index in [4.69, 9.17) is 4.42 Å². The number of aryl methyl sites for hydroxylation is 1. The van der Waals surface area contributed by atoms with Crippen molar-refractivity contribution in [2.45, 2.75) is 45.2 Å². The quantitative estimate of drug-likeness (QED) is 0.805. The highest BCUT2D eigenvalue weighted by Crippen LogP contribution is 2.40. The second-order valence-electron chi connectivity index (χ2n) is 5.16. The number of nitrogens with one attached hydrogen (secondary N) is 1. The van der Waals surface area contributed by atoms with Gasteiger partial charge in [-0.05, 0) is 51.7 Å². The smallest absolute Gasteiger partial charge is 0.120 e. The van der Waals surface area contributed by atoms with Gasteiger partial charge in [-0.3, -0.25) is 5.32 Å². The maximum absolute atomic E-state index is 9.50. The first-order chi connectivity index (χ1) is 7.55. The Bertz CT molecular complexity index is 357. The minimum atomic E-state index is -0.167. The molecule has 0 amide bonds. The standard InChI is InChI=1S/C13H21NO2/c1-9-4-7-12(16-9)10(2)14-13(3,8-15)11-5-6-11/h4,7,10-11,14-15H,5-6,8H2,1-3H3. The van der Waals surface area contributed by atoms with Crippen LogP contribution in [-0.2, 0) is 0 Å². The summed E-state index contributed by atoms with van der Waals surface area (Å²) in [6.07, 6.45) is 2.43. The third kappa shape index (κ3) is 2.30. The fraction of sp³-hybridized carbons (Fsp3) is 0.692. The largest absolute Gasteiger partial charge is 0.465 e. The lowest BCUT2D eigenvalue weighted by Gasteiger charge is -2.31. The third-order valence-corrected chi connectivity index (χ3v) is 3.54. The molecule has 2 N–H and O–H groups in total. The molecule has 2 unspecified atom stereocenters. The van der Waals surface area contributed by atoms with Crippen molar-refractivity contribution in [1.29, 1.82) is 0 Å². The lowest BCUT2D eigenvalue weighted by molar-refractivity contribution is 0.140. The van der Waals surface area contributed by atoms with Crippen LogP contribution < -0.4 is 5.32 Å². The second kappa shape index (κ2) is 4.22. The Hall–Kier alpha value is -0.800. The summed E-state index contributed by atoms with van der Waals surface area (Å²) >= 11 is 0. The summed E-state index contributed by atoms with van der Waals surface area (Å²) in [5, 5.41) is 13.0. The molecule has 1 aromatic heterocycles. The molecule has 1 saturated carbocycles. The lowest BCUT2D eigenvalue weighted by atomic mass is 9.95. The molecule has 2 rings (SSSR count). The van der Waals surface area contributed by atoms with Gasteiger partial charge in [0.25, 0.3) is 0 Å². The van der Waals surface area contributed by atoms with Crippen molar-refractivity contribution in [3.05, 3.63) is 23.7 Å². The first-order valence-corrected chi connectivity index (χ1v) is 6.00. The molecular weight excluding hydrogens is 202 g/mol. The molecule has 0 saturated heterocycles. The van der Waals surface area contributed by atoms with E-state index in [9.17, 15) is 5.11 Å². The van der Waals surface area contributed by atoms with Gasteiger partial charge in [0.15, 0.2) is 0 Å². The average Bonchev–Trinajstić information content (AvgIpc) is 3.02. The van der Waals surface area contributed by atoms with Gasteiger partial charge in [-0.1, -0.05) is 0 Å². The van der Waals surface area contributed by atoms with Crippen molar-refractivity contribution >= 4 is 0 Å². The van der Waals surface area contributed by atoms with E-state index in [1.165, 1.54) is 12.8 Å². The molecule has 0 radical (unpaired) electrons. The number of rotatable bonds is 5. The Morgan fingerprint density at radius 1 is 1.56 bits per heavy atom. The van der Waals surface area contributed by atoms with Gasteiger partial charge in [-0.15, -0.1) is 0 Å². The Morgan fingerprint density at radius 2 is 2.25 bits per heavy atom. The van der Waals surface area contributed by atoms with Crippen LogP contribution in [0.2, 0.25) is 0 Å². The van der Waals surface area contributed by atoms with Crippen molar-refractivity contribution in [2.24, 2.45) is 5.92 Å². The second-order valence-corrected chi connectivity index (χ2v) is 5.16. The number of hydrogen-bond acceptors (Lipinski definition) is 3. The molecule has 1 aliphatic rings. The Morgan fingerprint density at radius 3 is 2.69 bits per heavy atom. The van der Waals surface area contributed by atoms with Crippen LogP contribution in [-0.4, -0.2) is 17.3 Å². The third-order valence-electron chi connectivity index (χ3n) is 3.54. The van der Waals surface area contributed by atoms with Gasteiger partial charge in [0, 0.05) is 5.54 Å². The van der Waals surface area contributed by atoms with Crippen molar-refractivity contribution in [2.75, 3.05) is 6.61 Å². The minimum absolute atomic E-state index is 0.145. The lowest BCUT2D eigenvalue weighted by Crippen LogP contribution is -2.48. The van der Waals surface area contributed by atoms with Crippen LogP contribution in [0.4, 0.5) is 0 Å². The average molecular weight is 223 g/mol. The Kier molecular flexibility index (Phi) is 3.08. The monoisotopic (exact) mass is 223 g/mol. The molecule has 0 bridgehead atoms. The SMILES string of the molecule is Cc1ccc(C(C)NC(C)(CO)C2CC2)o1.